The molecular formula is C22H25FN4O3S. The fourth-order valence-electron chi connectivity index (χ4n) is 3.68. The Bertz CT molecular complexity index is 952. The summed E-state index contributed by atoms with van der Waals surface area (Å²) in [7, 11) is 0. The van der Waals surface area contributed by atoms with Crippen LogP contribution in [0, 0.1) is 5.82 Å². The number of hydrogen-bond acceptors (Lipinski definition) is 5. The van der Waals surface area contributed by atoms with E-state index in [-0.39, 0.29) is 36.7 Å². The van der Waals surface area contributed by atoms with Crippen molar-refractivity contribution in [3.8, 4) is 0 Å². The van der Waals surface area contributed by atoms with Crippen LogP contribution in [0.3, 0.4) is 0 Å². The van der Waals surface area contributed by atoms with Crippen molar-refractivity contribution in [1.82, 2.24) is 14.8 Å². The van der Waals surface area contributed by atoms with E-state index in [9.17, 15) is 18.8 Å². The number of halogens is 1. The molecule has 1 saturated carbocycles. The molecule has 0 unspecified atom stereocenters. The number of rotatable bonds is 7. The number of nitrogens with zero attached hydrogens (tertiary/aromatic N) is 3. The number of nitrogens with one attached hydrogen (secondary N) is 1. The van der Waals surface area contributed by atoms with Gasteiger partial charge in [-0.1, -0.05) is 0 Å². The van der Waals surface area contributed by atoms with Gasteiger partial charge in [0.25, 0.3) is 5.91 Å². The van der Waals surface area contributed by atoms with Crippen LogP contribution < -0.4 is 5.32 Å². The molecule has 3 amide bonds. The molecule has 4 rings (SSSR count). The lowest BCUT2D eigenvalue weighted by atomic mass is 10.1. The molecule has 1 N–H and O–H groups in total. The SMILES string of the molecule is O=C(CN(C(=O)c1ccc(F)cc1)C1CC1)Nc1nc(CC(=O)N2CCCCC2)cs1. The van der Waals surface area contributed by atoms with E-state index in [1.807, 2.05) is 4.90 Å². The first-order valence-corrected chi connectivity index (χ1v) is 11.5. The second-order valence-corrected chi connectivity index (χ2v) is 8.84. The Labute approximate surface area is 184 Å². The number of likely N-dealkylation sites (tertiary alicyclic amines) is 1. The van der Waals surface area contributed by atoms with Crippen molar-refractivity contribution in [2.75, 3.05) is 25.0 Å². The lowest BCUT2D eigenvalue weighted by Gasteiger charge is -2.26. The van der Waals surface area contributed by atoms with Gasteiger partial charge in [-0.15, -0.1) is 11.3 Å². The number of aromatic nitrogens is 1. The molecule has 0 spiro atoms. The normalized spacial score (nSPS) is 16.1. The Hall–Kier alpha value is -2.81. The third kappa shape index (κ3) is 5.66. The van der Waals surface area contributed by atoms with E-state index in [0.717, 1.165) is 45.2 Å². The van der Waals surface area contributed by atoms with Gasteiger partial charge in [-0.25, -0.2) is 9.37 Å². The topological polar surface area (TPSA) is 82.6 Å². The standard InChI is InChI=1S/C22H25FN4O3S/c23-16-6-4-15(5-7-16)21(30)27(18-8-9-18)13-19(28)25-22-24-17(14-31-22)12-20(29)26-10-2-1-3-11-26/h4-7,14,18H,1-3,8-13H2,(H,24,25,28). The monoisotopic (exact) mass is 444 g/mol. The van der Waals surface area contributed by atoms with Gasteiger partial charge in [-0.05, 0) is 56.4 Å². The lowest BCUT2D eigenvalue weighted by molar-refractivity contribution is -0.131. The quantitative estimate of drug-likeness (QED) is 0.712. The molecule has 1 aromatic heterocycles. The molecule has 1 aliphatic heterocycles. The predicted octanol–water partition coefficient (Wildman–Crippen LogP) is 3.08. The van der Waals surface area contributed by atoms with Crippen LogP contribution in [0.2, 0.25) is 0 Å². The molecule has 164 valence electrons. The highest BCUT2D eigenvalue weighted by molar-refractivity contribution is 7.13. The maximum Gasteiger partial charge on any atom is 0.254 e. The van der Waals surface area contributed by atoms with E-state index in [1.165, 1.54) is 40.5 Å². The zero-order valence-corrected chi connectivity index (χ0v) is 18.0. The Morgan fingerprint density at radius 2 is 1.84 bits per heavy atom. The molecule has 0 radical (unpaired) electrons. The van der Waals surface area contributed by atoms with Crippen molar-refractivity contribution in [1.29, 1.82) is 0 Å². The third-order valence-electron chi connectivity index (χ3n) is 5.49. The van der Waals surface area contributed by atoms with Gasteiger partial charge in [0, 0.05) is 30.1 Å². The minimum Gasteiger partial charge on any atom is -0.342 e. The largest absolute Gasteiger partial charge is 0.342 e. The number of piperidine rings is 1. The molecule has 7 nitrogen and oxygen atoms in total. The van der Waals surface area contributed by atoms with Crippen LogP contribution in [-0.4, -0.2) is 58.2 Å². The van der Waals surface area contributed by atoms with Gasteiger partial charge in [0.1, 0.15) is 12.4 Å². The van der Waals surface area contributed by atoms with Crippen LogP contribution in [0.15, 0.2) is 29.6 Å². The van der Waals surface area contributed by atoms with E-state index in [1.54, 1.807) is 5.38 Å². The predicted molar refractivity (Wildman–Crippen MR) is 115 cm³/mol. The molecule has 1 aromatic carbocycles. The van der Waals surface area contributed by atoms with Crippen LogP contribution in [0.25, 0.3) is 0 Å². The van der Waals surface area contributed by atoms with Crippen molar-refractivity contribution in [3.05, 3.63) is 46.7 Å². The Morgan fingerprint density at radius 3 is 2.52 bits per heavy atom. The van der Waals surface area contributed by atoms with E-state index >= 15 is 0 Å². The summed E-state index contributed by atoms with van der Waals surface area (Å²) in [4.78, 5) is 45.5. The Kier molecular flexibility index (Phi) is 6.60. The Morgan fingerprint density at radius 1 is 1.13 bits per heavy atom. The zero-order chi connectivity index (χ0) is 21.8. The number of anilines is 1. The highest BCUT2D eigenvalue weighted by Crippen LogP contribution is 2.28. The summed E-state index contributed by atoms with van der Waals surface area (Å²) in [5, 5.41) is 4.92. The summed E-state index contributed by atoms with van der Waals surface area (Å²) in [6, 6.07) is 5.35. The number of thiazole rings is 1. The van der Waals surface area contributed by atoms with E-state index < -0.39 is 5.82 Å². The molecule has 0 atom stereocenters. The molecule has 1 saturated heterocycles. The van der Waals surface area contributed by atoms with Crippen molar-refractivity contribution in [3.63, 3.8) is 0 Å². The minimum atomic E-state index is -0.411. The van der Waals surface area contributed by atoms with Crippen molar-refractivity contribution in [2.45, 2.75) is 44.6 Å². The molecule has 2 heterocycles. The fraction of sp³-hybridized carbons (Fsp3) is 0.455. The van der Waals surface area contributed by atoms with Crippen LogP contribution in [-0.2, 0) is 16.0 Å². The van der Waals surface area contributed by atoms with Crippen LogP contribution in [0.5, 0.6) is 0 Å². The number of amides is 3. The first kappa shape index (κ1) is 21.4. The van der Waals surface area contributed by atoms with Gasteiger partial charge >= 0.3 is 0 Å². The van der Waals surface area contributed by atoms with Crippen LogP contribution in [0.4, 0.5) is 9.52 Å². The third-order valence-corrected chi connectivity index (χ3v) is 6.30. The van der Waals surface area contributed by atoms with E-state index in [0.29, 0.717) is 16.4 Å². The maximum absolute atomic E-state index is 13.1. The average molecular weight is 445 g/mol. The summed E-state index contributed by atoms with van der Waals surface area (Å²) < 4.78 is 13.1. The van der Waals surface area contributed by atoms with Crippen molar-refractivity contribution in [2.24, 2.45) is 0 Å². The van der Waals surface area contributed by atoms with Gasteiger partial charge in [0.05, 0.1) is 12.1 Å². The van der Waals surface area contributed by atoms with Crippen molar-refractivity contribution >= 4 is 34.2 Å². The summed E-state index contributed by atoms with van der Waals surface area (Å²) in [6.07, 6.45) is 5.17. The van der Waals surface area contributed by atoms with Gasteiger partial charge in [-0.2, -0.15) is 0 Å². The van der Waals surface area contributed by atoms with Crippen molar-refractivity contribution < 1.29 is 18.8 Å². The summed E-state index contributed by atoms with van der Waals surface area (Å²) in [5.74, 6) is -0.978. The number of benzene rings is 1. The lowest BCUT2D eigenvalue weighted by Crippen LogP contribution is -2.39. The molecule has 31 heavy (non-hydrogen) atoms. The average Bonchev–Trinajstić information content (AvgIpc) is 3.53. The second-order valence-electron chi connectivity index (χ2n) is 7.98. The molecule has 2 aliphatic rings. The minimum absolute atomic E-state index is 0.0253. The van der Waals surface area contributed by atoms with Crippen LogP contribution in [0.1, 0.15) is 48.2 Å². The van der Waals surface area contributed by atoms with Gasteiger partial charge in [0.15, 0.2) is 5.13 Å². The molecule has 0 bridgehead atoms. The van der Waals surface area contributed by atoms with Crippen LogP contribution >= 0.6 is 11.3 Å². The first-order valence-electron chi connectivity index (χ1n) is 10.6. The summed E-state index contributed by atoms with van der Waals surface area (Å²) in [6.45, 7) is 1.50. The smallest absolute Gasteiger partial charge is 0.254 e. The molecule has 2 aromatic rings. The number of carbonyl (C=O) groups is 3. The molecular weight excluding hydrogens is 419 g/mol. The van der Waals surface area contributed by atoms with Gasteiger partial charge < -0.3 is 15.1 Å². The highest BCUT2D eigenvalue weighted by atomic mass is 32.1. The second kappa shape index (κ2) is 9.55. The summed E-state index contributed by atoms with van der Waals surface area (Å²) >= 11 is 1.27. The fourth-order valence-corrected chi connectivity index (χ4v) is 4.41. The Balaban J connectivity index is 1.33. The summed E-state index contributed by atoms with van der Waals surface area (Å²) in [5.41, 5.74) is 0.992. The number of carbonyl (C=O) groups excluding carboxylic acids is 3. The highest BCUT2D eigenvalue weighted by Gasteiger charge is 2.34. The molecule has 2 fully saturated rings. The van der Waals surface area contributed by atoms with Gasteiger partial charge in [0.2, 0.25) is 11.8 Å². The van der Waals surface area contributed by atoms with Gasteiger partial charge in [-0.3, -0.25) is 14.4 Å². The van der Waals surface area contributed by atoms with E-state index in [4.69, 9.17) is 0 Å². The maximum atomic E-state index is 13.1. The molecule has 9 heteroatoms. The molecule has 1 aliphatic carbocycles. The number of hydrogen-bond donors (Lipinski definition) is 1. The van der Waals surface area contributed by atoms with E-state index in [2.05, 4.69) is 10.3 Å². The first-order chi connectivity index (χ1) is 15.0. The zero-order valence-electron chi connectivity index (χ0n) is 17.2.